The van der Waals surface area contributed by atoms with Crippen LogP contribution in [0.4, 0.5) is 0 Å². The predicted octanol–water partition coefficient (Wildman–Crippen LogP) is 5.23. The molecule has 0 radical (unpaired) electrons. The normalized spacial score (nSPS) is 12.1. The summed E-state index contributed by atoms with van der Waals surface area (Å²) in [6.07, 6.45) is 0. The van der Waals surface area contributed by atoms with Crippen molar-refractivity contribution in [2.75, 3.05) is 0 Å². The zero-order chi connectivity index (χ0) is 16.4. The average molecular weight is 342 g/mol. The number of hydrogen-bond acceptors (Lipinski definition) is 2. The summed E-state index contributed by atoms with van der Waals surface area (Å²) in [5.41, 5.74) is 1.81. The number of phenolic OH excluding ortho intramolecular Hbond substituents is 1. The van der Waals surface area contributed by atoms with E-state index in [9.17, 15) is 5.11 Å². The van der Waals surface area contributed by atoms with Gasteiger partial charge < -0.3 is 10.4 Å². The van der Waals surface area contributed by atoms with Gasteiger partial charge >= 0.3 is 0 Å². The van der Waals surface area contributed by atoms with Crippen molar-refractivity contribution in [2.45, 2.75) is 13.0 Å². The van der Waals surface area contributed by atoms with Crippen molar-refractivity contribution in [3.05, 3.63) is 76.8 Å². The summed E-state index contributed by atoms with van der Waals surface area (Å²) in [7, 11) is 0. The first-order valence-corrected chi connectivity index (χ1v) is 8.08. The molecule has 1 unspecified atom stereocenters. The molecule has 2 nitrogen and oxygen atoms in total. The van der Waals surface area contributed by atoms with E-state index in [1.54, 1.807) is 6.07 Å². The SMILES string of the molecule is CC(=S)NC(c1ccc(Cl)cc1)c1c(O)ccc2ccccc12. The zero-order valence-electron chi connectivity index (χ0n) is 12.6. The number of halogens is 1. The van der Waals surface area contributed by atoms with Gasteiger partial charge in [0.15, 0.2) is 0 Å². The third-order valence-electron chi connectivity index (χ3n) is 3.79. The monoisotopic (exact) mass is 341 g/mol. The van der Waals surface area contributed by atoms with E-state index >= 15 is 0 Å². The van der Waals surface area contributed by atoms with E-state index in [4.69, 9.17) is 23.8 Å². The maximum absolute atomic E-state index is 10.5. The summed E-state index contributed by atoms with van der Waals surface area (Å²) in [6.45, 7) is 1.83. The Bertz CT molecular complexity index is 861. The molecule has 0 aliphatic heterocycles. The smallest absolute Gasteiger partial charge is 0.121 e. The van der Waals surface area contributed by atoms with Crippen LogP contribution in [-0.2, 0) is 0 Å². The van der Waals surface area contributed by atoms with Crippen molar-refractivity contribution >= 4 is 39.6 Å². The molecule has 0 aromatic heterocycles. The number of rotatable bonds is 3. The van der Waals surface area contributed by atoms with Gasteiger partial charge in [-0.2, -0.15) is 0 Å². The Kier molecular flexibility index (Phi) is 4.51. The summed E-state index contributed by atoms with van der Waals surface area (Å²) in [5.74, 6) is 0.243. The van der Waals surface area contributed by atoms with Crippen LogP contribution in [0.5, 0.6) is 5.75 Å². The lowest BCUT2D eigenvalue weighted by Crippen LogP contribution is -2.26. The highest BCUT2D eigenvalue weighted by Gasteiger charge is 2.20. The number of aromatic hydroxyl groups is 1. The summed E-state index contributed by atoms with van der Waals surface area (Å²) in [4.78, 5) is 0.664. The Morgan fingerprint density at radius 1 is 1.04 bits per heavy atom. The second-order valence-corrected chi connectivity index (χ2v) is 6.45. The lowest BCUT2D eigenvalue weighted by Gasteiger charge is -2.23. The van der Waals surface area contributed by atoms with Gasteiger partial charge in [0.1, 0.15) is 5.75 Å². The fourth-order valence-corrected chi connectivity index (χ4v) is 3.01. The van der Waals surface area contributed by atoms with Gasteiger partial charge in [0.2, 0.25) is 0 Å². The number of thiocarbonyl (C=S) groups is 1. The second-order valence-electron chi connectivity index (χ2n) is 5.40. The molecule has 3 aromatic carbocycles. The van der Waals surface area contributed by atoms with Crippen molar-refractivity contribution in [2.24, 2.45) is 0 Å². The molecule has 4 heteroatoms. The van der Waals surface area contributed by atoms with Crippen LogP contribution in [0, 0.1) is 0 Å². The van der Waals surface area contributed by atoms with E-state index in [0.29, 0.717) is 10.0 Å². The number of hydrogen-bond donors (Lipinski definition) is 2. The van der Waals surface area contributed by atoms with Crippen molar-refractivity contribution in [3.63, 3.8) is 0 Å². The molecule has 0 heterocycles. The predicted molar refractivity (Wildman–Crippen MR) is 100 cm³/mol. The quantitative estimate of drug-likeness (QED) is 0.640. The van der Waals surface area contributed by atoms with Gasteiger partial charge in [0.25, 0.3) is 0 Å². The van der Waals surface area contributed by atoms with Gasteiger partial charge in [-0.3, -0.25) is 0 Å². The molecule has 0 bridgehead atoms. The van der Waals surface area contributed by atoms with Gasteiger partial charge in [-0.05, 0) is 41.5 Å². The first-order valence-electron chi connectivity index (χ1n) is 7.29. The standard InChI is InChI=1S/C19H16ClNOS/c1-12(23)21-19(14-6-9-15(20)10-7-14)18-16-5-3-2-4-13(16)8-11-17(18)22/h2-11,19,22H,1H3,(H,21,23). The van der Waals surface area contributed by atoms with Crippen LogP contribution in [0.3, 0.4) is 0 Å². The molecule has 0 fully saturated rings. The van der Waals surface area contributed by atoms with E-state index < -0.39 is 0 Å². The van der Waals surface area contributed by atoms with E-state index in [1.165, 1.54) is 0 Å². The molecule has 0 spiro atoms. The molecule has 0 amide bonds. The minimum Gasteiger partial charge on any atom is -0.508 e. The molecule has 3 rings (SSSR count). The maximum Gasteiger partial charge on any atom is 0.121 e. The van der Waals surface area contributed by atoms with E-state index in [0.717, 1.165) is 21.9 Å². The Morgan fingerprint density at radius 2 is 1.74 bits per heavy atom. The fourth-order valence-electron chi connectivity index (χ4n) is 2.77. The summed E-state index contributed by atoms with van der Waals surface area (Å²) in [5, 5.41) is 16.5. The molecule has 2 N–H and O–H groups in total. The number of phenols is 1. The molecule has 0 aliphatic carbocycles. The van der Waals surface area contributed by atoms with Gasteiger partial charge in [0.05, 0.1) is 11.0 Å². The van der Waals surface area contributed by atoms with Crippen molar-refractivity contribution < 1.29 is 5.11 Å². The molecule has 1 atom stereocenters. The number of fused-ring (bicyclic) bond motifs is 1. The molecular weight excluding hydrogens is 326 g/mol. The Labute approximate surface area is 145 Å². The van der Waals surface area contributed by atoms with Crippen LogP contribution < -0.4 is 5.32 Å². The van der Waals surface area contributed by atoms with Crippen LogP contribution in [0.2, 0.25) is 5.02 Å². The lowest BCUT2D eigenvalue weighted by molar-refractivity contribution is 0.464. The van der Waals surface area contributed by atoms with Crippen molar-refractivity contribution in [1.29, 1.82) is 0 Å². The Morgan fingerprint density at radius 3 is 2.43 bits per heavy atom. The molecule has 0 aliphatic rings. The fraction of sp³-hybridized carbons (Fsp3) is 0.105. The van der Waals surface area contributed by atoms with E-state index in [2.05, 4.69) is 5.32 Å². The van der Waals surface area contributed by atoms with Crippen LogP contribution in [0.25, 0.3) is 10.8 Å². The minimum absolute atomic E-state index is 0.240. The van der Waals surface area contributed by atoms with Crippen LogP contribution >= 0.6 is 23.8 Å². The molecule has 0 saturated heterocycles. The van der Waals surface area contributed by atoms with Crippen LogP contribution in [-0.4, -0.2) is 10.1 Å². The topological polar surface area (TPSA) is 32.3 Å². The minimum atomic E-state index is -0.240. The van der Waals surface area contributed by atoms with E-state index in [1.807, 2.05) is 61.5 Å². The summed E-state index contributed by atoms with van der Waals surface area (Å²) in [6, 6.07) is 19.0. The molecule has 23 heavy (non-hydrogen) atoms. The third kappa shape index (κ3) is 3.31. The highest BCUT2D eigenvalue weighted by atomic mass is 35.5. The second kappa shape index (κ2) is 6.57. The maximum atomic E-state index is 10.5. The molecule has 116 valence electrons. The Balaban J connectivity index is 2.22. The average Bonchev–Trinajstić information content (AvgIpc) is 2.54. The van der Waals surface area contributed by atoms with Crippen molar-refractivity contribution in [1.82, 2.24) is 5.32 Å². The van der Waals surface area contributed by atoms with E-state index in [-0.39, 0.29) is 11.8 Å². The first kappa shape index (κ1) is 15.8. The van der Waals surface area contributed by atoms with Gasteiger partial charge in [-0.1, -0.05) is 66.3 Å². The van der Waals surface area contributed by atoms with Crippen LogP contribution in [0.15, 0.2) is 60.7 Å². The highest BCUT2D eigenvalue weighted by Crippen LogP contribution is 2.36. The largest absolute Gasteiger partial charge is 0.508 e. The highest BCUT2D eigenvalue weighted by molar-refractivity contribution is 7.80. The van der Waals surface area contributed by atoms with Gasteiger partial charge in [-0.25, -0.2) is 0 Å². The van der Waals surface area contributed by atoms with Crippen LogP contribution in [0.1, 0.15) is 24.1 Å². The number of benzene rings is 3. The van der Waals surface area contributed by atoms with Crippen molar-refractivity contribution in [3.8, 4) is 5.75 Å². The molecule has 0 saturated carbocycles. The Hall–Kier alpha value is -2.10. The molecular formula is C19H16ClNOS. The van der Waals surface area contributed by atoms with Gasteiger partial charge in [0, 0.05) is 10.6 Å². The van der Waals surface area contributed by atoms with Gasteiger partial charge in [-0.15, -0.1) is 0 Å². The number of nitrogens with one attached hydrogen (secondary N) is 1. The lowest BCUT2D eigenvalue weighted by atomic mass is 9.92. The summed E-state index contributed by atoms with van der Waals surface area (Å²) < 4.78 is 0. The first-order chi connectivity index (χ1) is 11.1. The molecule has 3 aromatic rings. The summed E-state index contributed by atoms with van der Waals surface area (Å²) >= 11 is 11.2. The zero-order valence-corrected chi connectivity index (χ0v) is 14.2. The third-order valence-corrected chi connectivity index (χ3v) is 4.16.